The summed E-state index contributed by atoms with van der Waals surface area (Å²) in [4.78, 5) is 64.5. The largest absolute Gasteiger partial charge is 0.519 e. The van der Waals surface area contributed by atoms with E-state index in [1.54, 1.807) is 30.3 Å². The van der Waals surface area contributed by atoms with Crippen LogP contribution in [0.5, 0.6) is 5.75 Å². The van der Waals surface area contributed by atoms with Crippen LogP contribution in [0, 0.1) is 12.8 Å². The fourth-order valence-electron chi connectivity index (χ4n) is 5.98. The summed E-state index contributed by atoms with van der Waals surface area (Å²) in [6.07, 6.45) is 15.4. The topological polar surface area (TPSA) is 181 Å². The number of allylic oxidation sites excluding steroid dienone is 1. The molecule has 13 heteroatoms. The van der Waals surface area contributed by atoms with Gasteiger partial charge in [0, 0.05) is 39.4 Å². The number of methoxy groups -OCH3 is 2. The highest BCUT2D eigenvalue weighted by atomic mass is 16.6. The molecule has 0 fully saturated rings. The van der Waals surface area contributed by atoms with Gasteiger partial charge in [-0.15, -0.1) is 0 Å². The van der Waals surface area contributed by atoms with Crippen LogP contribution in [0.3, 0.4) is 0 Å². The van der Waals surface area contributed by atoms with Crippen LogP contribution in [-0.2, 0) is 46.4 Å². The van der Waals surface area contributed by atoms with Gasteiger partial charge in [-0.05, 0) is 56.7 Å². The first-order chi connectivity index (χ1) is 26.5. The van der Waals surface area contributed by atoms with Crippen LogP contribution in [0.1, 0.15) is 127 Å². The van der Waals surface area contributed by atoms with Crippen molar-refractivity contribution in [3.63, 3.8) is 0 Å². The van der Waals surface area contributed by atoms with Crippen LogP contribution in [0.4, 0.5) is 0 Å². The van der Waals surface area contributed by atoms with E-state index in [-0.39, 0.29) is 31.0 Å². The Balaban J connectivity index is 2.21. The highest BCUT2D eigenvalue weighted by molar-refractivity contribution is 5.93. The molecular weight excluding hydrogens is 710 g/mol. The summed E-state index contributed by atoms with van der Waals surface area (Å²) in [6, 6.07) is 5.97. The van der Waals surface area contributed by atoms with Crippen LogP contribution in [0.15, 0.2) is 50.0 Å². The molecule has 1 aromatic heterocycles. The van der Waals surface area contributed by atoms with Gasteiger partial charge in [0.15, 0.2) is 23.7 Å². The Morgan fingerprint density at radius 1 is 0.873 bits per heavy atom. The Morgan fingerprint density at radius 2 is 1.53 bits per heavy atom. The molecule has 2 aromatic rings. The van der Waals surface area contributed by atoms with Crippen molar-refractivity contribution in [3.05, 3.63) is 64.1 Å². The van der Waals surface area contributed by atoms with E-state index >= 15 is 0 Å². The van der Waals surface area contributed by atoms with Crippen LogP contribution < -0.4 is 15.9 Å². The minimum absolute atomic E-state index is 0.0507. The van der Waals surface area contributed by atoms with Crippen molar-refractivity contribution in [1.29, 1.82) is 0 Å². The zero-order valence-corrected chi connectivity index (χ0v) is 33.5. The lowest BCUT2D eigenvalue weighted by Gasteiger charge is -2.32. The molecule has 0 aliphatic carbocycles. The number of aliphatic hydroxyl groups is 1. The maximum Gasteiger partial charge on any atom is 0.519 e. The van der Waals surface area contributed by atoms with Gasteiger partial charge in [-0.25, -0.2) is 14.4 Å². The van der Waals surface area contributed by atoms with Gasteiger partial charge >= 0.3 is 17.8 Å². The van der Waals surface area contributed by atoms with Crippen molar-refractivity contribution in [2.24, 2.45) is 5.92 Å². The van der Waals surface area contributed by atoms with Crippen molar-refractivity contribution in [2.75, 3.05) is 27.4 Å². The van der Waals surface area contributed by atoms with E-state index in [2.05, 4.69) is 19.2 Å². The Bertz CT molecular complexity index is 1510. The molecule has 0 radical (unpaired) electrons. The SMILES string of the molecule is CCCCCCCC(=O)CCCCCCC=C[C@H](C(=O)N[C@@H](Cc1ccc(OCCCC)cc1)C(=O)OC)[C@@](O)(CCOC)C(=O)OCc1oc(=O)oc1C. The van der Waals surface area contributed by atoms with Crippen LogP contribution in [0.25, 0.3) is 0 Å². The molecule has 1 aromatic carbocycles. The van der Waals surface area contributed by atoms with Crippen molar-refractivity contribution < 1.29 is 52.1 Å². The number of hydrogen-bond acceptors (Lipinski definition) is 12. The number of carbonyl (C=O) groups is 4. The highest BCUT2D eigenvalue weighted by Crippen LogP contribution is 2.28. The van der Waals surface area contributed by atoms with Gasteiger partial charge in [-0.2, -0.15) is 0 Å². The average Bonchev–Trinajstić information content (AvgIpc) is 3.50. The monoisotopic (exact) mass is 773 g/mol. The first-order valence-corrected chi connectivity index (χ1v) is 19.7. The lowest BCUT2D eigenvalue weighted by atomic mass is 9.82. The van der Waals surface area contributed by atoms with Gasteiger partial charge < -0.3 is 38.2 Å². The quantitative estimate of drug-likeness (QED) is 0.0478. The Labute approximate surface area is 325 Å². The Morgan fingerprint density at radius 3 is 2.13 bits per heavy atom. The minimum atomic E-state index is -2.45. The lowest BCUT2D eigenvalue weighted by molar-refractivity contribution is -0.176. The number of rotatable bonds is 30. The summed E-state index contributed by atoms with van der Waals surface area (Å²) >= 11 is 0. The number of esters is 2. The van der Waals surface area contributed by atoms with Gasteiger partial charge in [-0.3, -0.25) is 9.59 Å². The molecular formula is C42H63NO12. The second-order valence-electron chi connectivity index (χ2n) is 13.9. The number of unbranched alkanes of at least 4 members (excludes halogenated alkanes) is 9. The molecule has 55 heavy (non-hydrogen) atoms. The van der Waals surface area contributed by atoms with E-state index in [9.17, 15) is 29.1 Å². The summed E-state index contributed by atoms with van der Waals surface area (Å²) in [6.45, 7) is 5.62. The third-order valence-corrected chi connectivity index (χ3v) is 9.40. The van der Waals surface area contributed by atoms with Crippen LogP contribution in [-0.4, -0.2) is 67.8 Å². The number of ether oxygens (including phenoxy) is 4. The standard InChI is InChI=1S/C42H63NO12/c1-6-8-10-13-16-19-33(44)20-17-14-11-12-15-18-21-35(42(49,26-28-50-4)40(47)53-30-37-31(3)54-41(48)55-37)38(45)43-36(39(46)51-5)29-32-22-24-34(25-23-32)52-27-9-7-2/h18,21-25,35-36,49H,6-17,19-20,26-30H2,1-5H3,(H,43,45)/t35-,36+,42+/m1/s1. The molecule has 2 rings (SSSR count). The molecule has 0 aliphatic rings. The third-order valence-electron chi connectivity index (χ3n) is 9.40. The van der Waals surface area contributed by atoms with Crippen molar-refractivity contribution in [3.8, 4) is 5.75 Å². The predicted octanol–water partition coefficient (Wildman–Crippen LogP) is 6.87. The molecule has 0 bridgehead atoms. The fraction of sp³-hybridized carbons (Fsp3) is 0.643. The van der Waals surface area contributed by atoms with Gasteiger partial charge in [-0.1, -0.05) is 83.1 Å². The molecule has 308 valence electrons. The van der Waals surface area contributed by atoms with E-state index < -0.39 is 47.8 Å². The molecule has 13 nitrogen and oxygen atoms in total. The molecule has 2 N–H and O–H groups in total. The van der Waals surface area contributed by atoms with Crippen molar-refractivity contribution >= 4 is 23.6 Å². The molecule has 1 heterocycles. The summed E-state index contributed by atoms with van der Waals surface area (Å²) < 4.78 is 31.1. The first-order valence-electron chi connectivity index (χ1n) is 19.7. The molecule has 0 saturated heterocycles. The molecule has 0 spiro atoms. The Hall–Kier alpha value is -4.23. The predicted molar refractivity (Wildman–Crippen MR) is 206 cm³/mol. The normalized spacial score (nSPS) is 13.6. The van der Waals surface area contributed by atoms with Crippen LogP contribution in [0.2, 0.25) is 0 Å². The second-order valence-corrected chi connectivity index (χ2v) is 13.9. The number of aryl methyl sites for hydroxylation is 1. The van der Waals surface area contributed by atoms with E-state index in [0.717, 1.165) is 51.4 Å². The number of carbonyl (C=O) groups excluding carboxylic acids is 4. The average molecular weight is 774 g/mol. The zero-order chi connectivity index (χ0) is 40.5. The van der Waals surface area contributed by atoms with E-state index in [4.69, 9.17) is 27.8 Å². The highest BCUT2D eigenvalue weighted by Gasteiger charge is 2.48. The second kappa shape index (κ2) is 26.6. The number of nitrogens with one attached hydrogen (secondary N) is 1. The maximum atomic E-state index is 14.1. The first kappa shape index (κ1) is 46.9. The number of hydrogen-bond donors (Lipinski definition) is 2. The van der Waals surface area contributed by atoms with Gasteiger partial charge in [0.25, 0.3) is 0 Å². The lowest BCUT2D eigenvalue weighted by Crippen LogP contribution is -2.55. The van der Waals surface area contributed by atoms with Gasteiger partial charge in [0.2, 0.25) is 5.91 Å². The zero-order valence-electron chi connectivity index (χ0n) is 33.5. The molecule has 0 aliphatic heterocycles. The molecule has 0 unspecified atom stereocenters. The number of Topliss-reactive ketones (excluding diaryl/α,β-unsaturated/α-hetero) is 1. The van der Waals surface area contributed by atoms with E-state index in [1.165, 1.54) is 46.5 Å². The number of benzene rings is 1. The van der Waals surface area contributed by atoms with Crippen molar-refractivity contribution in [1.82, 2.24) is 5.32 Å². The smallest absolute Gasteiger partial charge is 0.494 e. The minimum Gasteiger partial charge on any atom is -0.494 e. The third kappa shape index (κ3) is 17.4. The molecule has 3 atom stereocenters. The van der Waals surface area contributed by atoms with E-state index in [0.29, 0.717) is 43.0 Å². The molecule has 1 amide bonds. The van der Waals surface area contributed by atoms with Crippen molar-refractivity contribution in [2.45, 2.75) is 142 Å². The van der Waals surface area contributed by atoms with Crippen LogP contribution >= 0.6 is 0 Å². The van der Waals surface area contributed by atoms with E-state index in [1.807, 2.05) is 0 Å². The number of amides is 1. The summed E-state index contributed by atoms with van der Waals surface area (Å²) in [5, 5.41) is 14.7. The summed E-state index contributed by atoms with van der Waals surface area (Å²) in [7, 11) is 2.59. The maximum absolute atomic E-state index is 14.1. The Kier molecular flexibility index (Phi) is 22.7. The summed E-state index contributed by atoms with van der Waals surface area (Å²) in [5.41, 5.74) is -1.74. The summed E-state index contributed by atoms with van der Waals surface area (Å²) in [5.74, 6) is -4.18. The molecule has 0 saturated carbocycles. The fourth-order valence-corrected chi connectivity index (χ4v) is 5.98. The number of ketones is 1. The van der Waals surface area contributed by atoms with Gasteiger partial charge in [0.05, 0.1) is 19.6 Å². The van der Waals surface area contributed by atoms with Gasteiger partial charge in [0.1, 0.15) is 17.6 Å².